The molecule has 0 saturated carbocycles. The largest absolute Gasteiger partial charge is 0.490 e. The fourth-order valence-electron chi connectivity index (χ4n) is 4.48. The van der Waals surface area contributed by atoms with E-state index in [0.717, 1.165) is 5.56 Å². The number of aryl methyl sites for hydroxylation is 1. The molecule has 1 atom stereocenters. The summed E-state index contributed by atoms with van der Waals surface area (Å²) in [6.45, 7) is 8.45. The van der Waals surface area contributed by atoms with Crippen LogP contribution in [-0.2, 0) is 23.0 Å². The Bertz CT molecular complexity index is 1340. The van der Waals surface area contributed by atoms with Crippen LogP contribution in [0.5, 0.6) is 5.75 Å². The number of hydrogen-bond acceptors (Lipinski definition) is 5. The fourth-order valence-corrected chi connectivity index (χ4v) is 4.80. The van der Waals surface area contributed by atoms with E-state index in [2.05, 4.69) is 5.32 Å². The summed E-state index contributed by atoms with van der Waals surface area (Å²) in [6, 6.07) is 9.25. The Balaban J connectivity index is 2.17. The van der Waals surface area contributed by atoms with Gasteiger partial charge in [0.2, 0.25) is 0 Å². The molecular formula is C26H29ClN2O5. The summed E-state index contributed by atoms with van der Waals surface area (Å²) in [7, 11) is 1.59. The molecule has 0 fully saturated rings. The van der Waals surface area contributed by atoms with E-state index in [4.69, 9.17) is 21.1 Å². The Morgan fingerprint density at radius 1 is 1.29 bits per heavy atom. The maximum Gasteiger partial charge on any atom is 0.339 e. The molecular weight excluding hydrogens is 456 g/mol. The van der Waals surface area contributed by atoms with Gasteiger partial charge in [-0.05, 0) is 50.3 Å². The van der Waals surface area contributed by atoms with E-state index in [-0.39, 0.29) is 11.3 Å². The van der Waals surface area contributed by atoms with Crippen molar-refractivity contribution in [3.63, 3.8) is 0 Å². The van der Waals surface area contributed by atoms with Crippen LogP contribution < -0.4 is 15.6 Å². The van der Waals surface area contributed by atoms with Crippen LogP contribution >= 0.6 is 11.6 Å². The van der Waals surface area contributed by atoms with Crippen molar-refractivity contribution in [2.75, 3.05) is 18.5 Å². The Hall–Kier alpha value is -3.03. The lowest BCUT2D eigenvalue weighted by molar-refractivity contribution is -0.161. The highest BCUT2D eigenvalue weighted by atomic mass is 35.5. The number of aliphatic carboxylic acids is 1. The maximum atomic E-state index is 13.6. The number of benzene rings is 2. The molecule has 0 unspecified atom stereocenters. The molecule has 1 aliphatic heterocycles. The van der Waals surface area contributed by atoms with Gasteiger partial charge in [0.25, 0.3) is 5.56 Å². The van der Waals surface area contributed by atoms with Crippen LogP contribution in [0.1, 0.15) is 45.1 Å². The second-order valence-corrected chi connectivity index (χ2v) is 9.72. The van der Waals surface area contributed by atoms with Gasteiger partial charge in [-0.1, -0.05) is 36.7 Å². The minimum Gasteiger partial charge on any atom is -0.490 e. The first-order chi connectivity index (χ1) is 16.0. The SMILES string of the molecule is CCc1cccc2c(-c3ccc4c(c3Cl)NCCO4)c([C@@H](OC(C)(C)C)C(=O)O)n(C)c(=O)c12. The summed E-state index contributed by atoms with van der Waals surface area (Å²) in [5, 5.41) is 15.1. The molecule has 34 heavy (non-hydrogen) atoms. The first kappa shape index (κ1) is 24.1. The number of halogens is 1. The van der Waals surface area contributed by atoms with E-state index in [1.165, 1.54) is 4.57 Å². The molecule has 2 aromatic carbocycles. The molecule has 4 rings (SSSR count). The molecule has 8 heteroatoms. The van der Waals surface area contributed by atoms with Crippen LogP contribution in [0.25, 0.3) is 21.9 Å². The van der Waals surface area contributed by atoms with Crippen molar-refractivity contribution in [3.05, 3.63) is 57.0 Å². The quantitative estimate of drug-likeness (QED) is 0.519. The van der Waals surface area contributed by atoms with Crippen LogP contribution in [0.4, 0.5) is 5.69 Å². The molecule has 0 saturated heterocycles. The monoisotopic (exact) mass is 484 g/mol. The second kappa shape index (κ2) is 8.96. The number of pyridine rings is 1. The van der Waals surface area contributed by atoms with Crippen LogP contribution in [0.2, 0.25) is 5.02 Å². The Labute approximate surface area is 203 Å². The molecule has 2 N–H and O–H groups in total. The zero-order chi connectivity index (χ0) is 24.8. The molecule has 7 nitrogen and oxygen atoms in total. The lowest BCUT2D eigenvalue weighted by Crippen LogP contribution is -2.33. The third-order valence-electron chi connectivity index (χ3n) is 5.92. The molecule has 0 radical (unpaired) electrons. The molecule has 2 heterocycles. The number of rotatable bonds is 5. The fraction of sp³-hybridized carbons (Fsp3) is 0.385. The average molecular weight is 485 g/mol. The highest BCUT2D eigenvalue weighted by molar-refractivity contribution is 6.37. The minimum atomic E-state index is -1.39. The number of anilines is 1. The van der Waals surface area contributed by atoms with Gasteiger partial charge in [0.15, 0.2) is 6.10 Å². The topological polar surface area (TPSA) is 89.8 Å². The number of hydrogen-bond donors (Lipinski definition) is 2. The summed E-state index contributed by atoms with van der Waals surface area (Å²) >= 11 is 6.90. The molecule has 1 aliphatic rings. The van der Waals surface area contributed by atoms with Crippen LogP contribution in [0, 0.1) is 0 Å². The summed E-state index contributed by atoms with van der Waals surface area (Å²) in [5.74, 6) is -0.557. The molecule has 180 valence electrons. The number of aromatic nitrogens is 1. The lowest BCUT2D eigenvalue weighted by Gasteiger charge is -2.29. The van der Waals surface area contributed by atoms with Gasteiger partial charge in [0.05, 0.1) is 27.4 Å². The van der Waals surface area contributed by atoms with Crippen molar-refractivity contribution in [2.45, 2.75) is 45.8 Å². The van der Waals surface area contributed by atoms with Gasteiger partial charge in [-0.2, -0.15) is 0 Å². The Kier molecular flexibility index (Phi) is 6.36. The predicted octanol–water partition coefficient (Wildman–Crippen LogP) is 5.17. The van der Waals surface area contributed by atoms with Gasteiger partial charge in [0.1, 0.15) is 12.4 Å². The zero-order valence-corrected chi connectivity index (χ0v) is 20.7. The van der Waals surface area contributed by atoms with Crippen molar-refractivity contribution in [2.24, 2.45) is 7.05 Å². The van der Waals surface area contributed by atoms with E-state index in [9.17, 15) is 14.7 Å². The highest BCUT2D eigenvalue weighted by Gasteiger charge is 2.34. The number of carboxylic acids is 1. The van der Waals surface area contributed by atoms with E-state index < -0.39 is 17.7 Å². The van der Waals surface area contributed by atoms with Gasteiger partial charge in [-0.15, -0.1) is 0 Å². The third kappa shape index (κ3) is 4.14. The van der Waals surface area contributed by atoms with E-state index in [0.29, 0.717) is 57.9 Å². The minimum absolute atomic E-state index is 0.242. The molecule has 0 aliphatic carbocycles. The van der Waals surface area contributed by atoms with E-state index in [1.54, 1.807) is 27.8 Å². The van der Waals surface area contributed by atoms with Crippen LogP contribution in [0.15, 0.2) is 35.1 Å². The summed E-state index contributed by atoms with van der Waals surface area (Å²) in [4.78, 5) is 26.1. The molecule has 0 bridgehead atoms. The first-order valence-corrected chi connectivity index (χ1v) is 11.7. The number of nitrogens with one attached hydrogen (secondary N) is 1. The van der Waals surface area contributed by atoms with Gasteiger partial charge >= 0.3 is 5.97 Å². The Morgan fingerprint density at radius 2 is 2.03 bits per heavy atom. The predicted molar refractivity (Wildman–Crippen MR) is 134 cm³/mol. The summed E-state index contributed by atoms with van der Waals surface area (Å²) in [6.07, 6.45) is -0.738. The normalized spacial score (nSPS) is 14.3. The average Bonchev–Trinajstić information content (AvgIpc) is 2.79. The van der Waals surface area contributed by atoms with Gasteiger partial charge in [-0.25, -0.2) is 4.79 Å². The molecule has 1 aromatic heterocycles. The van der Waals surface area contributed by atoms with Gasteiger partial charge < -0.3 is 24.5 Å². The molecule has 3 aromatic rings. The zero-order valence-electron chi connectivity index (χ0n) is 20.0. The van der Waals surface area contributed by atoms with Crippen LogP contribution in [-0.4, -0.2) is 34.4 Å². The Morgan fingerprint density at radius 3 is 2.68 bits per heavy atom. The number of nitrogens with zero attached hydrogens (tertiary/aromatic N) is 1. The number of carbonyl (C=O) groups is 1. The maximum absolute atomic E-state index is 13.6. The van der Waals surface area contributed by atoms with Crippen molar-refractivity contribution in [1.29, 1.82) is 0 Å². The number of ether oxygens (including phenoxy) is 2. The lowest BCUT2D eigenvalue weighted by atomic mass is 9.91. The first-order valence-electron chi connectivity index (χ1n) is 11.3. The molecule has 0 amide bonds. The van der Waals surface area contributed by atoms with Gasteiger partial charge in [0, 0.05) is 24.7 Å². The van der Waals surface area contributed by atoms with Crippen molar-refractivity contribution in [3.8, 4) is 16.9 Å². The molecule has 0 spiro atoms. The second-order valence-electron chi connectivity index (χ2n) is 9.34. The van der Waals surface area contributed by atoms with Crippen molar-refractivity contribution >= 4 is 34.0 Å². The van der Waals surface area contributed by atoms with Crippen molar-refractivity contribution in [1.82, 2.24) is 4.57 Å². The number of carboxylic acid groups (broad SMARTS) is 1. The smallest absolute Gasteiger partial charge is 0.339 e. The third-order valence-corrected chi connectivity index (χ3v) is 6.31. The standard InChI is InChI=1S/C26H29ClN2O5/c1-6-14-8-7-9-15-18(14)24(30)29(5)22(23(25(31)32)34-26(2,3)4)19(15)16-10-11-17-21(20(16)27)28-12-13-33-17/h7-11,23,28H,6,12-13H2,1-5H3,(H,31,32)/t23-/m1/s1. The summed E-state index contributed by atoms with van der Waals surface area (Å²) < 4.78 is 13.1. The van der Waals surface area contributed by atoms with E-state index in [1.807, 2.05) is 37.3 Å². The van der Waals surface area contributed by atoms with E-state index >= 15 is 0 Å². The number of fused-ring (bicyclic) bond motifs is 2. The van der Waals surface area contributed by atoms with Crippen LogP contribution in [0.3, 0.4) is 0 Å². The van der Waals surface area contributed by atoms with Crippen molar-refractivity contribution < 1.29 is 19.4 Å². The highest BCUT2D eigenvalue weighted by Crippen LogP contribution is 2.46. The van der Waals surface area contributed by atoms with Gasteiger partial charge in [-0.3, -0.25) is 4.79 Å². The summed E-state index contributed by atoms with van der Waals surface area (Å²) in [5.41, 5.74) is 1.89.